The monoisotopic (exact) mass is 216 g/mol. The van der Waals surface area contributed by atoms with E-state index in [1.807, 2.05) is 24.3 Å². The third-order valence-corrected chi connectivity index (χ3v) is 2.53. The Bertz CT molecular complexity index is 488. The summed E-state index contributed by atoms with van der Waals surface area (Å²) in [4.78, 5) is 0. The maximum absolute atomic E-state index is 5.70. The van der Waals surface area contributed by atoms with Crippen LogP contribution in [0.2, 0.25) is 0 Å². The van der Waals surface area contributed by atoms with Crippen LogP contribution in [0.3, 0.4) is 0 Å². The molecule has 0 saturated heterocycles. The van der Waals surface area contributed by atoms with E-state index >= 15 is 0 Å². The Morgan fingerprint density at radius 1 is 1.31 bits per heavy atom. The minimum absolute atomic E-state index is 0.147. The molecule has 2 rings (SSSR count). The smallest absolute Gasteiger partial charge is 0.0950 e. The molecule has 3 N–H and O–H groups in total. The second-order valence-corrected chi connectivity index (χ2v) is 4.49. The summed E-state index contributed by atoms with van der Waals surface area (Å²) in [5.41, 5.74) is 7.42. The SMILES string of the molecule is CC(C)(CN)Nc1cnnc2ccccc12. The van der Waals surface area contributed by atoms with Crippen LogP contribution in [-0.2, 0) is 0 Å². The first-order valence-corrected chi connectivity index (χ1v) is 5.31. The lowest BCUT2D eigenvalue weighted by Gasteiger charge is -2.25. The molecule has 0 spiro atoms. The highest BCUT2D eigenvalue weighted by Crippen LogP contribution is 2.22. The van der Waals surface area contributed by atoms with Crippen LogP contribution in [0.5, 0.6) is 0 Å². The Kier molecular flexibility index (Phi) is 2.75. The summed E-state index contributed by atoms with van der Waals surface area (Å²) in [6, 6.07) is 7.92. The Hall–Kier alpha value is -1.68. The first-order chi connectivity index (χ1) is 7.62. The van der Waals surface area contributed by atoms with Crippen LogP contribution >= 0.6 is 0 Å². The second-order valence-electron chi connectivity index (χ2n) is 4.49. The number of hydrogen-bond acceptors (Lipinski definition) is 4. The van der Waals surface area contributed by atoms with Crippen molar-refractivity contribution in [2.75, 3.05) is 11.9 Å². The lowest BCUT2D eigenvalue weighted by molar-refractivity contribution is 0.580. The molecule has 1 aromatic heterocycles. The minimum atomic E-state index is -0.147. The van der Waals surface area contributed by atoms with Crippen LogP contribution < -0.4 is 11.1 Å². The van der Waals surface area contributed by atoms with Crippen molar-refractivity contribution in [2.24, 2.45) is 5.73 Å². The lowest BCUT2D eigenvalue weighted by atomic mass is 10.1. The third kappa shape index (κ3) is 2.12. The first-order valence-electron chi connectivity index (χ1n) is 5.31. The summed E-state index contributed by atoms with van der Waals surface area (Å²) in [6.45, 7) is 4.67. The fourth-order valence-corrected chi connectivity index (χ4v) is 1.52. The van der Waals surface area contributed by atoms with E-state index in [1.165, 1.54) is 0 Å². The van der Waals surface area contributed by atoms with Crippen molar-refractivity contribution < 1.29 is 0 Å². The van der Waals surface area contributed by atoms with Crippen molar-refractivity contribution in [2.45, 2.75) is 19.4 Å². The Morgan fingerprint density at radius 3 is 2.81 bits per heavy atom. The van der Waals surface area contributed by atoms with Gasteiger partial charge in [-0.25, -0.2) is 0 Å². The van der Waals surface area contributed by atoms with Crippen LogP contribution in [0.1, 0.15) is 13.8 Å². The van der Waals surface area contributed by atoms with E-state index in [-0.39, 0.29) is 5.54 Å². The van der Waals surface area contributed by atoms with Crippen LogP contribution in [0.4, 0.5) is 5.69 Å². The molecule has 0 aliphatic carbocycles. The molecule has 0 aliphatic heterocycles. The van der Waals surface area contributed by atoms with E-state index in [9.17, 15) is 0 Å². The van der Waals surface area contributed by atoms with Crippen molar-refractivity contribution >= 4 is 16.6 Å². The zero-order valence-electron chi connectivity index (χ0n) is 9.57. The summed E-state index contributed by atoms with van der Waals surface area (Å²) in [5.74, 6) is 0. The van der Waals surface area contributed by atoms with Crippen LogP contribution in [0.25, 0.3) is 10.9 Å². The molecule has 0 atom stereocenters. The molecule has 0 amide bonds. The molecule has 0 aliphatic rings. The maximum atomic E-state index is 5.70. The molecule has 4 heteroatoms. The van der Waals surface area contributed by atoms with Gasteiger partial charge in [0, 0.05) is 17.5 Å². The molecule has 0 bridgehead atoms. The van der Waals surface area contributed by atoms with E-state index < -0.39 is 0 Å². The largest absolute Gasteiger partial charge is 0.377 e. The van der Waals surface area contributed by atoms with Gasteiger partial charge in [-0.15, -0.1) is 0 Å². The Balaban J connectivity index is 2.45. The average molecular weight is 216 g/mol. The highest BCUT2D eigenvalue weighted by molar-refractivity contribution is 5.90. The van der Waals surface area contributed by atoms with Crippen LogP contribution in [0, 0.1) is 0 Å². The molecule has 16 heavy (non-hydrogen) atoms. The zero-order chi connectivity index (χ0) is 11.6. The van der Waals surface area contributed by atoms with Crippen LogP contribution in [-0.4, -0.2) is 22.3 Å². The lowest BCUT2D eigenvalue weighted by Crippen LogP contribution is -2.39. The quantitative estimate of drug-likeness (QED) is 0.821. The highest BCUT2D eigenvalue weighted by atomic mass is 15.1. The number of benzene rings is 1. The van der Waals surface area contributed by atoms with Gasteiger partial charge < -0.3 is 11.1 Å². The fraction of sp³-hybridized carbons (Fsp3) is 0.333. The number of rotatable bonds is 3. The molecule has 0 radical (unpaired) electrons. The number of nitrogens with zero attached hydrogens (tertiary/aromatic N) is 2. The predicted molar refractivity (Wildman–Crippen MR) is 66.3 cm³/mol. The number of aromatic nitrogens is 2. The van der Waals surface area contributed by atoms with Gasteiger partial charge in [0.25, 0.3) is 0 Å². The predicted octanol–water partition coefficient (Wildman–Crippen LogP) is 1.78. The molecule has 4 nitrogen and oxygen atoms in total. The number of hydrogen-bond donors (Lipinski definition) is 2. The maximum Gasteiger partial charge on any atom is 0.0950 e. The van der Waals surface area contributed by atoms with E-state index in [2.05, 4.69) is 29.4 Å². The zero-order valence-corrected chi connectivity index (χ0v) is 9.57. The topological polar surface area (TPSA) is 63.8 Å². The fourth-order valence-electron chi connectivity index (χ4n) is 1.52. The Labute approximate surface area is 94.9 Å². The average Bonchev–Trinajstić information content (AvgIpc) is 2.29. The van der Waals surface area contributed by atoms with Crippen molar-refractivity contribution in [3.8, 4) is 0 Å². The van der Waals surface area contributed by atoms with E-state index in [4.69, 9.17) is 5.73 Å². The van der Waals surface area contributed by atoms with Crippen molar-refractivity contribution in [1.29, 1.82) is 0 Å². The molecule has 0 fully saturated rings. The molecule has 0 unspecified atom stereocenters. The number of nitrogens with one attached hydrogen (secondary N) is 1. The van der Waals surface area contributed by atoms with E-state index in [1.54, 1.807) is 6.20 Å². The normalized spacial score (nSPS) is 11.7. The van der Waals surface area contributed by atoms with Gasteiger partial charge in [-0.1, -0.05) is 18.2 Å². The van der Waals surface area contributed by atoms with E-state index in [0.717, 1.165) is 16.6 Å². The standard InChI is InChI=1S/C12H16N4/c1-12(2,8-13)15-11-7-14-16-10-6-4-3-5-9(10)11/h3-7H,8,13H2,1-2H3,(H,15,16). The number of anilines is 1. The summed E-state index contributed by atoms with van der Waals surface area (Å²) in [5, 5.41) is 12.5. The van der Waals surface area contributed by atoms with Crippen molar-refractivity contribution in [1.82, 2.24) is 10.2 Å². The number of fused-ring (bicyclic) bond motifs is 1. The number of nitrogens with two attached hydrogens (primary N) is 1. The highest BCUT2D eigenvalue weighted by Gasteiger charge is 2.16. The van der Waals surface area contributed by atoms with Gasteiger partial charge in [0.05, 0.1) is 17.4 Å². The summed E-state index contributed by atoms with van der Waals surface area (Å²) < 4.78 is 0. The molecule has 0 saturated carbocycles. The van der Waals surface area contributed by atoms with Gasteiger partial charge in [0.15, 0.2) is 0 Å². The summed E-state index contributed by atoms with van der Waals surface area (Å²) in [6.07, 6.45) is 1.74. The van der Waals surface area contributed by atoms with Crippen LogP contribution in [0.15, 0.2) is 30.5 Å². The molecular formula is C12H16N4. The molecular weight excluding hydrogens is 200 g/mol. The minimum Gasteiger partial charge on any atom is -0.377 e. The van der Waals surface area contributed by atoms with Crippen molar-refractivity contribution in [3.05, 3.63) is 30.5 Å². The summed E-state index contributed by atoms with van der Waals surface area (Å²) in [7, 11) is 0. The third-order valence-electron chi connectivity index (χ3n) is 2.53. The van der Waals surface area contributed by atoms with Gasteiger partial charge in [-0.2, -0.15) is 10.2 Å². The second kappa shape index (κ2) is 4.06. The molecule has 2 aromatic rings. The van der Waals surface area contributed by atoms with Gasteiger partial charge >= 0.3 is 0 Å². The molecule has 1 aromatic carbocycles. The van der Waals surface area contributed by atoms with Crippen molar-refractivity contribution in [3.63, 3.8) is 0 Å². The molecule has 1 heterocycles. The van der Waals surface area contributed by atoms with Gasteiger partial charge in [-0.05, 0) is 19.9 Å². The van der Waals surface area contributed by atoms with E-state index in [0.29, 0.717) is 6.54 Å². The molecule has 84 valence electrons. The first kappa shape index (κ1) is 10.8. The van der Waals surface area contributed by atoms with Gasteiger partial charge in [0.1, 0.15) is 0 Å². The van der Waals surface area contributed by atoms with Gasteiger partial charge in [0.2, 0.25) is 0 Å². The Morgan fingerprint density at radius 2 is 2.06 bits per heavy atom. The van der Waals surface area contributed by atoms with Gasteiger partial charge in [-0.3, -0.25) is 0 Å². The summed E-state index contributed by atoms with van der Waals surface area (Å²) >= 11 is 0.